The number of thioether (sulfide) groups is 1. The minimum Gasteiger partial charge on any atom is -0.390 e. The van der Waals surface area contributed by atoms with Crippen LogP contribution in [0.15, 0.2) is 42.5 Å². The first-order valence-corrected chi connectivity index (χ1v) is 14.0. The molecule has 0 unspecified atom stereocenters. The zero-order valence-corrected chi connectivity index (χ0v) is 22.9. The molecule has 0 radical (unpaired) electrons. The van der Waals surface area contributed by atoms with Crippen molar-refractivity contribution in [2.24, 2.45) is 0 Å². The van der Waals surface area contributed by atoms with Crippen LogP contribution >= 0.6 is 11.8 Å². The lowest BCUT2D eigenvalue weighted by atomic mass is 9.74. The molecule has 1 aliphatic carbocycles. The van der Waals surface area contributed by atoms with Crippen molar-refractivity contribution in [2.75, 3.05) is 12.8 Å². The highest BCUT2D eigenvalue weighted by Crippen LogP contribution is 2.41. The van der Waals surface area contributed by atoms with Crippen LogP contribution in [-0.2, 0) is 22.2 Å². The molecular formula is C29H40F2N2O2S. The predicted octanol–water partition coefficient (Wildman–Crippen LogP) is 5.46. The Morgan fingerprint density at radius 3 is 2.33 bits per heavy atom. The fourth-order valence-electron chi connectivity index (χ4n) is 5.14. The van der Waals surface area contributed by atoms with E-state index in [0.717, 1.165) is 31.7 Å². The third-order valence-electron chi connectivity index (χ3n) is 7.28. The highest BCUT2D eigenvalue weighted by molar-refractivity contribution is 7.99. The number of hydrogen-bond acceptors (Lipinski definition) is 4. The van der Waals surface area contributed by atoms with Crippen LogP contribution in [0.5, 0.6) is 0 Å². The molecule has 1 fully saturated rings. The van der Waals surface area contributed by atoms with Crippen LogP contribution in [0.1, 0.15) is 70.1 Å². The first-order valence-electron chi connectivity index (χ1n) is 12.7. The molecule has 3 N–H and O–H groups in total. The van der Waals surface area contributed by atoms with Gasteiger partial charge in [-0.15, -0.1) is 0 Å². The summed E-state index contributed by atoms with van der Waals surface area (Å²) in [6, 6.07) is 11.3. The van der Waals surface area contributed by atoms with Crippen molar-refractivity contribution < 1.29 is 18.7 Å². The third kappa shape index (κ3) is 7.53. The molecule has 2 aromatic rings. The van der Waals surface area contributed by atoms with Crippen LogP contribution in [-0.4, -0.2) is 41.2 Å². The van der Waals surface area contributed by atoms with Crippen molar-refractivity contribution in [3.05, 3.63) is 70.8 Å². The Balaban J connectivity index is 1.83. The van der Waals surface area contributed by atoms with Gasteiger partial charge in [0.25, 0.3) is 0 Å². The zero-order valence-electron chi connectivity index (χ0n) is 22.0. The van der Waals surface area contributed by atoms with Gasteiger partial charge in [0.05, 0.1) is 12.1 Å². The SMILES string of the molecule is CSC1CCC(NC[C@@H](O)[C@H](Cc2cc(F)cc(F)c2)NC(C)=O)(c2cccc(C(C)(C)C)c2)CC1. The molecule has 7 heteroatoms. The van der Waals surface area contributed by atoms with Gasteiger partial charge in [-0.05, 0) is 72.6 Å². The fraction of sp³-hybridized carbons (Fsp3) is 0.552. The number of halogens is 2. The van der Waals surface area contributed by atoms with E-state index < -0.39 is 23.8 Å². The van der Waals surface area contributed by atoms with Gasteiger partial charge in [-0.3, -0.25) is 4.79 Å². The van der Waals surface area contributed by atoms with Gasteiger partial charge >= 0.3 is 0 Å². The number of amides is 1. The molecule has 1 saturated carbocycles. The van der Waals surface area contributed by atoms with Crippen molar-refractivity contribution in [1.82, 2.24) is 10.6 Å². The summed E-state index contributed by atoms with van der Waals surface area (Å²) in [6.07, 6.45) is 5.36. The number of carbonyl (C=O) groups excluding carboxylic acids is 1. The van der Waals surface area contributed by atoms with E-state index in [-0.39, 0.29) is 29.8 Å². The molecule has 36 heavy (non-hydrogen) atoms. The average Bonchev–Trinajstić information content (AvgIpc) is 2.81. The van der Waals surface area contributed by atoms with Crippen LogP contribution < -0.4 is 10.6 Å². The molecule has 198 valence electrons. The van der Waals surface area contributed by atoms with E-state index in [2.05, 4.69) is 61.9 Å². The van der Waals surface area contributed by atoms with Crippen molar-refractivity contribution in [2.45, 2.75) is 88.1 Å². The molecule has 3 rings (SSSR count). The highest BCUT2D eigenvalue weighted by Gasteiger charge is 2.38. The topological polar surface area (TPSA) is 61.4 Å². The maximum absolute atomic E-state index is 13.7. The Morgan fingerprint density at radius 1 is 1.14 bits per heavy atom. The van der Waals surface area contributed by atoms with E-state index in [9.17, 15) is 18.7 Å². The molecule has 0 bridgehead atoms. The summed E-state index contributed by atoms with van der Waals surface area (Å²) >= 11 is 1.90. The van der Waals surface area contributed by atoms with Crippen LogP contribution in [0.25, 0.3) is 0 Å². The number of carbonyl (C=O) groups is 1. The van der Waals surface area contributed by atoms with Crippen molar-refractivity contribution in [3.8, 4) is 0 Å². The molecule has 2 atom stereocenters. The van der Waals surface area contributed by atoms with Gasteiger partial charge in [-0.1, -0.05) is 45.0 Å². The summed E-state index contributed by atoms with van der Waals surface area (Å²) < 4.78 is 27.5. The second-order valence-electron chi connectivity index (χ2n) is 11.1. The van der Waals surface area contributed by atoms with Crippen molar-refractivity contribution >= 4 is 17.7 Å². The van der Waals surface area contributed by atoms with E-state index in [1.54, 1.807) is 0 Å². The Bertz CT molecular complexity index is 1010. The highest BCUT2D eigenvalue weighted by atomic mass is 32.2. The molecule has 1 aliphatic rings. The maximum Gasteiger partial charge on any atom is 0.217 e. The lowest BCUT2D eigenvalue weighted by Gasteiger charge is -2.43. The lowest BCUT2D eigenvalue weighted by Crippen LogP contribution is -2.53. The van der Waals surface area contributed by atoms with E-state index in [1.165, 1.54) is 30.2 Å². The van der Waals surface area contributed by atoms with Crippen LogP contribution in [0.2, 0.25) is 0 Å². The van der Waals surface area contributed by atoms with Crippen LogP contribution in [0.3, 0.4) is 0 Å². The average molecular weight is 519 g/mol. The number of aliphatic hydroxyl groups excluding tert-OH is 1. The summed E-state index contributed by atoms with van der Waals surface area (Å²) in [5.74, 6) is -1.66. The number of hydrogen-bond donors (Lipinski definition) is 3. The Kier molecular flexibility index (Phi) is 9.58. The van der Waals surface area contributed by atoms with Gasteiger partial charge in [0.15, 0.2) is 0 Å². The minimum absolute atomic E-state index is 0.0178. The zero-order chi connectivity index (χ0) is 26.5. The monoisotopic (exact) mass is 518 g/mol. The van der Waals surface area contributed by atoms with E-state index in [1.807, 2.05) is 11.8 Å². The van der Waals surface area contributed by atoms with Crippen molar-refractivity contribution in [3.63, 3.8) is 0 Å². The van der Waals surface area contributed by atoms with Crippen LogP contribution in [0, 0.1) is 11.6 Å². The quantitative estimate of drug-likeness (QED) is 0.413. The summed E-state index contributed by atoms with van der Waals surface area (Å²) in [7, 11) is 0. The number of rotatable bonds is 9. The number of benzene rings is 2. The molecule has 0 aliphatic heterocycles. The van der Waals surface area contributed by atoms with Gasteiger partial charge in [0.1, 0.15) is 11.6 Å². The molecule has 2 aromatic carbocycles. The second-order valence-corrected chi connectivity index (χ2v) is 12.2. The normalized spacial score (nSPS) is 22.2. The smallest absolute Gasteiger partial charge is 0.217 e. The summed E-state index contributed by atoms with van der Waals surface area (Å²) in [4.78, 5) is 11.9. The van der Waals surface area contributed by atoms with Crippen molar-refractivity contribution in [1.29, 1.82) is 0 Å². The Hall–Kier alpha value is -1.96. The number of aliphatic hydroxyl groups is 1. The summed E-state index contributed by atoms with van der Waals surface area (Å²) in [6.45, 7) is 8.23. The van der Waals surface area contributed by atoms with E-state index in [0.29, 0.717) is 10.8 Å². The van der Waals surface area contributed by atoms with Gasteiger partial charge < -0.3 is 15.7 Å². The van der Waals surface area contributed by atoms with E-state index >= 15 is 0 Å². The third-order valence-corrected chi connectivity index (χ3v) is 8.42. The van der Waals surface area contributed by atoms with Gasteiger partial charge in [-0.25, -0.2) is 8.78 Å². The molecule has 0 aromatic heterocycles. The lowest BCUT2D eigenvalue weighted by molar-refractivity contribution is -0.120. The fourth-order valence-corrected chi connectivity index (χ4v) is 5.85. The second kappa shape index (κ2) is 12.1. The molecule has 0 heterocycles. The Labute approximate surface area is 218 Å². The standard InChI is InChI=1S/C29H40F2N2O2S/c1-19(34)33-26(15-20-13-23(30)17-24(31)14-20)27(35)18-32-29(11-9-25(36-5)10-12-29)22-8-6-7-21(16-22)28(2,3)4/h6-8,13-14,16-17,25-27,32,35H,9-12,15,18H2,1-5H3,(H,33,34)/t25?,26-,27+,29?/m0/s1. The van der Waals surface area contributed by atoms with Gasteiger partial charge in [0, 0.05) is 30.3 Å². The molecule has 0 saturated heterocycles. The Morgan fingerprint density at radius 2 is 1.78 bits per heavy atom. The molecular weight excluding hydrogens is 478 g/mol. The van der Waals surface area contributed by atoms with Gasteiger partial charge in [-0.2, -0.15) is 11.8 Å². The first-order chi connectivity index (χ1) is 16.9. The summed E-state index contributed by atoms with van der Waals surface area (Å²) in [5.41, 5.74) is 2.59. The molecule has 4 nitrogen and oxygen atoms in total. The largest absolute Gasteiger partial charge is 0.390 e. The van der Waals surface area contributed by atoms with Crippen LogP contribution in [0.4, 0.5) is 8.78 Å². The van der Waals surface area contributed by atoms with Gasteiger partial charge in [0.2, 0.25) is 5.91 Å². The summed E-state index contributed by atoms with van der Waals surface area (Å²) in [5, 5.41) is 18.2. The first kappa shape index (κ1) is 28.6. The van der Waals surface area contributed by atoms with E-state index in [4.69, 9.17) is 0 Å². The minimum atomic E-state index is -0.943. The molecule has 0 spiro atoms. The molecule has 1 amide bonds. The number of nitrogens with one attached hydrogen (secondary N) is 2. The predicted molar refractivity (Wildman–Crippen MR) is 144 cm³/mol. The maximum atomic E-state index is 13.7.